The summed E-state index contributed by atoms with van der Waals surface area (Å²) in [7, 11) is -2.42. The van der Waals surface area contributed by atoms with E-state index in [1.165, 1.54) is 18.7 Å². The van der Waals surface area contributed by atoms with E-state index in [9.17, 15) is 33.2 Å². The molecule has 1 aromatic heterocycles. The molecule has 1 aliphatic rings. The largest absolute Gasteiger partial charge is 0.504 e. The molecule has 0 radical (unpaired) electrons. The van der Waals surface area contributed by atoms with Crippen LogP contribution >= 0.6 is 0 Å². The minimum atomic E-state index is -2.42. The zero-order valence-electron chi connectivity index (χ0n) is 35.3. The number of hydrogen-bond acceptors (Lipinski definition) is 7. The summed E-state index contributed by atoms with van der Waals surface area (Å²) in [6, 6.07) is 11.8. The molecule has 0 aliphatic carbocycles. The van der Waals surface area contributed by atoms with E-state index in [2.05, 4.69) is 10.6 Å². The third-order valence-corrected chi connectivity index (χ3v) is 10.6. The van der Waals surface area contributed by atoms with Crippen LogP contribution in [0.4, 0.5) is 13.6 Å². The van der Waals surface area contributed by atoms with Crippen molar-refractivity contribution in [2.75, 3.05) is 26.2 Å². The van der Waals surface area contributed by atoms with Gasteiger partial charge in [0, 0.05) is 74.8 Å². The fourth-order valence-electron chi connectivity index (χ4n) is 7.11. The highest BCUT2D eigenvalue weighted by atomic mass is 28.4. The van der Waals surface area contributed by atoms with E-state index in [1.807, 2.05) is 75.3 Å². The molecule has 0 bridgehead atoms. The molecule has 3 unspecified atom stereocenters. The fraction of sp³-hybridized carbons (Fsp3) is 0.442. The number of rotatable bonds is 17. The van der Waals surface area contributed by atoms with Crippen molar-refractivity contribution in [3.8, 4) is 11.1 Å². The summed E-state index contributed by atoms with van der Waals surface area (Å²) in [6.45, 7) is 16.3. The Labute approximate surface area is 345 Å². The van der Waals surface area contributed by atoms with Crippen LogP contribution in [-0.2, 0) is 34.9 Å². The second-order valence-corrected chi connectivity index (χ2v) is 21.0. The van der Waals surface area contributed by atoms with Crippen LogP contribution in [0.2, 0.25) is 19.6 Å². The molecule has 13 nitrogen and oxygen atoms in total. The van der Waals surface area contributed by atoms with Crippen molar-refractivity contribution >= 4 is 43.9 Å². The van der Waals surface area contributed by atoms with Gasteiger partial charge in [0.05, 0.1) is 6.04 Å². The Morgan fingerprint density at radius 2 is 1.49 bits per heavy atom. The van der Waals surface area contributed by atoms with E-state index < -0.39 is 73.2 Å². The summed E-state index contributed by atoms with van der Waals surface area (Å²) >= 11 is 0. The Morgan fingerprint density at radius 1 is 0.881 bits per heavy atom. The first-order chi connectivity index (χ1) is 27.6. The predicted octanol–water partition coefficient (Wildman–Crippen LogP) is 6.02. The van der Waals surface area contributed by atoms with Gasteiger partial charge in [-0.25, -0.2) is 13.6 Å². The fourth-order valence-corrected chi connectivity index (χ4v) is 7.76. The number of hydrogen-bond donors (Lipinski definition) is 2. The zero-order chi connectivity index (χ0) is 43.8. The summed E-state index contributed by atoms with van der Waals surface area (Å²) in [4.78, 5) is 82.1. The second kappa shape index (κ2) is 19.4. The van der Waals surface area contributed by atoms with E-state index in [1.54, 1.807) is 24.1 Å². The predicted molar refractivity (Wildman–Crippen MR) is 222 cm³/mol. The molecule has 4 rings (SSSR count). The first-order valence-electron chi connectivity index (χ1n) is 19.7. The number of nitrogens with zero attached hydrogens (tertiary/aromatic N) is 4. The number of nitrogens with one attached hydrogen (secondary N) is 2. The number of carbonyl (C=O) groups excluding carboxylic acids is 6. The van der Waals surface area contributed by atoms with Crippen LogP contribution in [0.1, 0.15) is 65.3 Å². The minimum Gasteiger partial charge on any atom is -0.504 e. The van der Waals surface area contributed by atoms with Gasteiger partial charge in [0.15, 0.2) is 0 Å². The van der Waals surface area contributed by atoms with Crippen molar-refractivity contribution in [1.82, 2.24) is 29.9 Å². The summed E-state index contributed by atoms with van der Waals surface area (Å²) < 4.78 is 37.4. The number of benzene rings is 2. The minimum absolute atomic E-state index is 0.00639. The first kappa shape index (κ1) is 46.1. The average molecular weight is 835 g/mol. The van der Waals surface area contributed by atoms with Gasteiger partial charge in [0.1, 0.15) is 23.7 Å². The van der Waals surface area contributed by atoms with Gasteiger partial charge in [-0.2, -0.15) is 0 Å². The maximum absolute atomic E-state index is 15.2. The number of carbonyl (C=O) groups is 6. The van der Waals surface area contributed by atoms with E-state index in [4.69, 9.17) is 4.43 Å². The molecular weight excluding hydrogens is 779 g/mol. The van der Waals surface area contributed by atoms with Gasteiger partial charge >= 0.3 is 6.09 Å². The van der Waals surface area contributed by atoms with Crippen molar-refractivity contribution in [2.45, 2.75) is 92.3 Å². The highest BCUT2D eigenvalue weighted by Crippen LogP contribution is 2.41. The van der Waals surface area contributed by atoms with Crippen molar-refractivity contribution in [2.24, 2.45) is 5.41 Å². The van der Waals surface area contributed by atoms with Crippen LogP contribution in [0.25, 0.3) is 11.1 Å². The molecule has 0 fully saturated rings. The summed E-state index contributed by atoms with van der Waals surface area (Å²) in [6.07, 6.45) is 3.24. The van der Waals surface area contributed by atoms with Crippen LogP contribution in [0, 0.1) is 17.0 Å². The normalized spacial score (nSPS) is 14.5. The number of aromatic nitrogens is 1. The molecule has 59 heavy (non-hydrogen) atoms. The molecule has 6 amide bonds. The summed E-state index contributed by atoms with van der Waals surface area (Å²) in [5, 5.41) is 5.41. The molecule has 2 heterocycles. The van der Waals surface area contributed by atoms with Crippen molar-refractivity contribution in [3.63, 3.8) is 0 Å². The Morgan fingerprint density at radius 3 is 2.05 bits per heavy atom. The van der Waals surface area contributed by atoms with Crippen molar-refractivity contribution in [1.29, 1.82) is 0 Å². The highest BCUT2D eigenvalue weighted by molar-refractivity contribution is 6.71. The zero-order valence-corrected chi connectivity index (χ0v) is 36.3. The van der Waals surface area contributed by atoms with E-state index in [-0.39, 0.29) is 44.1 Å². The molecule has 0 saturated heterocycles. The van der Waals surface area contributed by atoms with Gasteiger partial charge in [-0.1, -0.05) is 51.1 Å². The lowest BCUT2D eigenvalue weighted by Crippen LogP contribution is -2.54. The van der Waals surface area contributed by atoms with Crippen LogP contribution in [0.15, 0.2) is 72.9 Å². The molecule has 0 spiro atoms. The molecule has 2 aromatic carbocycles. The Bertz CT molecular complexity index is 2040. The smallest absolute Gasteiger partial charge is 0.396 e. The van der Waals surface area contributed by atoms with Gasteiger partial charge < -0.3 is 24.5 Å². The van der Waals surface area contributed by atoms with Gasteiger partial charge in [0.2, 0.25) is 26.0 Å². The van der Waals surface area contributed by atoms with Gasteiger partial charge in [-0.05, 0) is 75.2 Å². The standard InChI is InChI=1S/C43H56F2N6O7Si/c1-10-49(42(57)58-59(7,8)9)35(41(56)47-22-21-46-40(55)28(2)51-37(53)18-19-38(51)54)20-23-50(29(3)52)39(43(4,5)6)36-24-31(33-25-32(44)16-17-34(33)45)27-48(36)26-30-14-12-11-13-15-30/h11-19,24-25,27-28,35,39H,10,20-23,26H2,1-9H3,(H,46,55)(H,47,56). The molecule has 2 N–H and O–H groups in total. The average Bonchev–Trinajstić information content (AvgIpc) is 3.71. The summed E-state index contributed by atoms with van der Waals surface area (Å²) in [5.74, 6) is -3.87. The number of halogens is 2. The second-order valence-electron chi connectivity index (χ2n) is 16.6. The molecule has 1 aliphatic heterocycles. The lowest BCUT2D eigenvalue weighted by molar-refractivity contribution is -0.144. The molecule has 3 atom stereocenters. The molecule has 3 aromatic rings. The lowest BCUT2D eigenvalue weighted by Gasteiger charge is -2.41. The molecular formula is C43H56F2N6O7Si. The van der Waals surface area contributed by atoms with Gasteiger partial charge in [-0.15, -0.1) is 0 Å². The van der Waals surface area contributed by atoms with Crippen molar-refractivity contribution < 1.29 is 42.0 Å². The summed E-state index contributed by atoms with van der Waals surface area (Å²) in [5.41, 5.74) is 1.45. The highest BCUT2D eigenvalue weighted by Gasteiger charge is 2.39. The maximum Gasteiger partial charge on any atom is 0.396 e. The maximum atomic E-state index is 15.2. The monoisotopic (exact) mass is 834 g/mol. The van der Waals surface area contributed by atoms with E-state index in [0.717, 1.165) is 40.8 Å². The Kier molecular flexibility index (Phi) is 15.1. The van der Waals surface area contributed by atoms with Gasteiger partial charge in [0.25, 0.3) is 11.8 Å². The first-order valence-corrected chi connectivity index (χ1v) is 23.1. The number of likely N-dealkylation sites (N-methyl/N-ethyl adjacent to an activating group) is 1. The van der Waals surface area contributed by atoms with Crippen molar-refractivity contribution in [3.05, 3.63) is 95.8 Å². The third-order valence-electron chi connectivity index (χ3n) is 9.81. The van der Waals surface area contributed by atoms with Crippen LogP contribution in [0.3, 0.4) is 0 Å². The SMILES string of the molecule is CCN(C(=O)O[Si](C)(C)C)C(CCN(C(C)=O)C(c1cc(-c2cc(F)ccc2F)cn1Cc1ccccc1)C(C)(C)C)C(=O)NCCNC(=O)C(C)N1C(=O)C=CC1=O. The Hall–Kier alpha value is -5.64. The molecule has 318 valence electrons. The van der Waals surface area contributed by atoms with E-state index in [0.29, 0.717) is 17.8 Å². The van der Waals surface area contributed by atoms with Gasteiger partial charge in [-0.3, -0.25) is 33.8 Å². The topological polar surface area (TPSA) is 150 Å². The van der Waals surface area contributed by atoms with Crippen LogP contribution < -0.4 is 10.6 Å². The molecule has 16 heteroatoms. The van der Waals surface area contributed by atoms with E-state index >= 15 is 4.39 Å². The quantitative estimate of drug-likeness (QED) is 0.0961. The third kappa shape index (κ3) is 12.0. The van der Waals surface area contributed by atoms with Crippen LogP contribution in [0.5, 0.6) is 0 Å². The van der Waals surface area contributed by atoms with Crippen LogP contribution in [-0.4, -0.2) is 101 Å². The lowest BCUT2D eigenvalue weighted by atomic mass is 9.82. The Balaban J connectivity index is 1.66. The molecule has 0 saturated carbocycles. The number of amides is 6. The number of imide groups is 1.